The zero-order valence-electron chi connectivity index (χ0n) is 26.6. The van der Waals surface area contributed by atoms with E-state index in [1.54, 1.807) is 0 Å². The molecule has 0 aromatic carbocycles. The molecular weight excluding hydrogens is 216 g/mol. The summed E-state index contributed by atoms with van der Waals surface area (Å²) in [6.07, 6.45) is -14.6. The van der Waals surface area contributed by atoms with Crippen molar-refractivity contribution in [3.05, 3.63) is 0 Å². The van der Waals surface area contributed by atoms with Crippen LogP contribution in [0.5, 0.6) is 0 Å². The third-order valence-electron chi connectivity index (χ3n) is 2.74. The average molecular weight is 270 g/mol. The van der Waals surface area contributed by atoms with Gasteiger partial charge in [-0.1, -0.05) is 116 Å². The van der Waals surface area contributed by atoms with Gasteiger partial charge in [0.2, 0.25) is 0 Å². The first-order valence-corrected chi connectivity index (χ1v) is 7.06. The number of hydrogen-bond acceptors (Lipinski definition) is 0. The summed E-state index contributed by atoms with van der Waals surface area (Å²) in [5.74, 6) is 0. The first-order valence-electron chi connectivity index (χ1n) is 14.6. The fourth-order valence-electron chi connectivity index (χ4n) is 1.72. The van der Waals surface area contributed by atoms with Gasteiger partial charge in [-0.3, -0.25) is 0 Å². The molecule has 0 aliphatic rings. The molecule has 0 heteroatoms. The largest absolute Gasteiger partial charge is 0.0654 e. The van der Waals surface area contributed by atoms with E-state index in [0.717, 1.165) is 38.5 Å². The van der Waals surface area contributed by atoms with Gasteiger partial charge in [-0.25, -0.2) is 0 Å². The second-order valence-corrected chi connectivity index (χ2v) is 4.38. The summed E-state index contributed by atoms with van der Waals surface area (Å²) in [4.78, 5) is 0. The topological polar surface area (TPSA) is 0 Å². The van der Waals surface area contributed by atoms with Crippen LogP contribution in [0.1, 0.15) is 137 Å². The van der Waals surface area contributed by atoms with Crippen LogP contribution in [0.3, 0.4) is 0 Å². The lowest BCUT2D eigenvalue weighted by molar-refractivity contribution is 0.531. The van der Waals surface area contributed by atoms with Crippen LogP contribution in [0, 0.1) is 0 Å². The van der Waals surface area contributed by atoms with Crippen LogP contribution in [0.4, 0.5) is 0 Å². The maximum atomic E-state index is 8.10. The predicted molar refractivity (Wildman–Crippen MR) is 85.2 cm³/mol. The lowest BCUT2D eigenvalue weighted by Crippen LogP contribution is -1.83. The summed E-state index contributed by atoms with van der Waals surface area (Å²) >= 11 is 0. The third kappa shape index (κ3) is 16.0. The molecule has 0 radical (unpaired) electrons. The van der Waals surface area contributed by atoms with Crippen molar-refractivity contribution < 1.29 is 20.6 Å². The molecule has 0 aliphatic heterocycles. The summed E-state index contributed by atoms with van der Waals surface area (Å²) < 4.78 is 117. The molecular formula is C18H38. The number of unbranched alkanes of at least 4 members (excludes halogenated alkanes) is 8. The van der Waals surface area contributed by atoms with Crippen molar-refractivity contribution in [1.29, 1.82) is 0 Å². The summed E-state index contributed by atoms with van der Waals surface area (Å²) in [5.41, 5.74) is 0. The molecule has 0 aromatic rings. The van der Waals surface area contributed by atoms with E-state index >= 15 is 0 Å². The normalized spacial score (nSPS) is 28.8. The van der Waals surface area contributed by atoms with E-state index in [-0.39, 0.29) is 6.42 Å². The maximum absolute atomic E-state index is 8.10. The molecule has 0 fully saturated rings. The van der Waals surface area contributed by atoms with Crippen molar-refractivity contribution in [2.24, 2.45) is 0 Å². The highest BCUT2D eigenvalue weighted by Gasteiger charge is 1.93. The van der Waals surface area contributed by atoms with Crippen LogP contribution in [-0.4, -0.2) is 0 Å². The molecule has 0 bridgehead atoms. The quantitative estimate of drug-likeness (QED) is 0.274. The monoisotopic (exact) mass is 269 g/mol. The second-order valence-electron chi connectivity index (χ2n) is 4.38. The van der Waals surface area contributed by atoms with Crippen LogP contribution in [0.2, 0.25) is 0 Å². The zero-order valence-corrected chi connectivity index (χ0v) is 11.6. The molecule has 18 heavy (non-hydrogen) atoms. The van der Waals surface area contributed by atoms with Gasteiger partial charge in [0.05, 0.1) is 0 Å². The zero-order chi connectivity index (χ0) is 26.6. The Morgan fingerprint density at radius 2 is 1.11 bits per heavy atom. The summed E-state index contributed by atoms with van der Waals surface area (Å²) in [5, 5.41) is 0. The summed E-state index contributed by atoms with van der Waals surface area (Å²) in [7, 11) is 0. The third-order valence-corrected chi connectivity index (χ3v) is 2.74. The van der Waals surface area contributed by atoms with Gasteiger partial charge in [0.15, 0.2) is 0 Å². The van der Waals surface area contributed by atoms with E-state index in [1.165, 1.54) is 6.42 Å². The van der Waals surface area contributed by atoms with Gasteiger partial charge in [-0.15, -0.1) is 0 Å². The predicted octanol–water partition coefficient (Wildman–Crippen LogP) is 7.27. The second kappa shape index (κ2) is 17.0. The van der Waals surface area contributed by atoms with Crippen LogP contribution >= 0.6 is 0 Å². The Balaban J connectivity index is 5.41. The highest BCUT2D eigenvalue weighted by Crippen LogP contribution is 2.13. The summed E-state index contributed by atoms with van der Waals surface area (Å²) in [6, 6.07) is 0. The minimum atomic E-state index is -4.02. The maximum Gasteiger partial charge on any atom is 0.0267 e. The Labute approximate surface area is 138 Å². The van der Waals surface area contributed by atoms with Crippen molar-refractivity contribution in [3.8, 4) is 0 Å². The van der Waals surface area contributed by atoms with Crippen molar-refractivity contribution in [2.45, 2.75) is 116 Å². The SMILES string of the molecule is [2H]C([2H])([2H])C([2H])([2H])C([2H])([2H])C([2H])([2H])C([2H])([2H])C([2H])([2H])C([2H])([2H])CCCCCCCCCCC. The highest BCUT2D eigenvalue weighted by molar-refractivity contribution is 4.49. The Kier molecular flexibility index (Phi) is 4.80. The number of hydrogen-bond donors (Lipinski definition) is 0. The van der Waals surface area contributed by atoms with Gasteiger partial charge in [0.25, 0.3) is 0 Å². The average Bonchev–Trinajstić information content (AvgIpc) is 2.64. The molecule has 0 atom stereocenters. The van der Waals surface area contributed by atoms with E-state index in [2.05, 4.69) is 6.92 Å². The molecule has 0 spiro atoms. The van der Waals surface area contributed by atoms with Crippen molar-refractivity contribution >= 4 is 0 Å². The van der Waals surface area contributed by atoms with Gasteiger partial charge < -0.3 is 0 Å². The van der Waals surface area contributed by atoms with Gasteiger partial charge in [0.1, 0.15) is 0 Å². The Bertz CT molecular complexity index is 592. The first-order chi connectivity index (χ1) is 14.6. The fraction of sp³-hybridized carbons (Fsp3) is 1.00. The standard InChI is InChI=1S/C18H38/c1-3-5-7-9-11-13-15-17-18-16-14-12-10-8-6-4-2/h3-18H2,1-2H3/i1D3,3D2,5D2,7D2,9D2,11D2,13D2. The van der Waals surface area contributed by atoms with E-state index in [4.69, 9.17) is 20.6 Å². The first kappa shape index (κ1) is 5.08. The number of rotatable bonds is 15. The molecule has 0 rings (SSSR count). The molecule has 0 aromatic heterocycles. The Morgan fingerprint density at radius 3 is 1.72 bits per heavy atom. The van der Waals surface area contributed by atoms with E-state index < -0.39 is 51.5 Å². The van der Waals surface area contributed by atoms with E-state index in [0.29, 0.717) is 6.42 Å². The van der Waals surface area contributed by atoms with Gasteiger partial charge >= 0.3 is 0 Å². The molecule has 0 heterocycles. The molecule has 0 aliphatic carbocycles. The van der Waals surface area contributed by atoms with Crippen LogP contribution < -0.4 is 0 Å². The van der Waals surface area contributed by atoms with Crippen molar-refractivity contribution in [3.63, 3.8) is 0 Å². The molecule has 0 amide bonds. The molecule has 0 saturated heterocycles. The van der Waals surface area contributed by atoms with Crippen LogP contribution in [0.25, 0.3) is 0 Å². The van der Waals surface area contributed by atoms with E-state index in [1.807, 2.05) is 0 Å². The minimum Gasteiger partial charge on any atom is -0.0654 e. The summed E-state index contributed by atoms with van der Waals surface area (Å²) in [6.45, 7) is -1.54. The lowest BCUT2D eigenvalue weighted by Gasteiger charge is -2.03. The van der Waals surface area contributed by atoms with Crippen LogP contribution in [0.15, 0.2) is 0 Å². The Hall–Kier alpha value is 0. The van der Waals surface area contributed by atoms with Crippen molar-refractivity contribution in [1.82, 2.24) is 0 Å². The lowest BCUT2D eigenvalue weighted by atomic mass is 10.0. The fourth-order valence-corrected chi connectivity index (χ4v) is 1.72. The molecule has 0 N–H and O–H groups in total. The van der Waals surface area contributed by atoms with Gasteiger partial charge in [0, 0.05) is 20.6 Å². The van der Waals surface area contributed by atoms with E-state index in [9.17, 15) is 0 Å². The smallest absolute Gasteiger partial charge is 0.0267 e. The van der Waals surface area contributed by atoms with Gasteiger partial charge in [-0.05, 0) is 0 Å². The molecule has 0 nitrogen and oxygen atoms in total. The molecule has 110 valence electrons. The molecule has 0 saturated carbocycles. The van der Waals surface area contributed by atoms with Crippen molar-refractivity contribution in [2.75, 3.05) is 0 Å². The Morgan fingerprint density at radius 1 is 0.611 bits per heavy atom. The highest BCUT2D eigenvalue weighted by atomic mass is 14.0. The van der Waals surface area contributed by atoms with Gasteiger partial charge in [-0.2, -0.15) is 0 Å². The molecule has 0 unspecified atom stereocenters. The van der Waals surface area contributed by atoms with Crippen LogP contribution in [-0.2, 0) is 0 Å². The minimum absolute atomic E-state index is 0.212.